The van der Waals surface area contributed by atoms with Gasteiger partial charge in [0.2, 0.25) is 5.91 Å². The first-order valence-electron chi connectivity index (χ1n) is 4.97. The minimum atomic E-state index is 0.128. The fourth-order valence-electron chi connectivity index (χ4n) is 1.24. The van der Waals surface area contributed by atoms with E-state index in [-0.39, 0.29) is 5.91 Å². The lowest BCUT2D eigenvalue weighted by molar-refractivity contribution is 0.0899. The van der Waals surface area contributed by atoms with E-state index >= 15 is 0 Å². The molecule has 0 spiro atoms. The van der Waals surface area contributed by atoms with Crippen LogP contribution in [0.15, 0.2) is 30.9 Å². The van der Waals surface area contributed by atoms with Gasteiger partial charge in [0.25, 0.3) is 0 Å². The van der Waals surface area contributed by atoms with Crippen molar-refractivity contribution >= 4 is 5.91 Å². The molecule has 1 aromatic heterocycles. The second-order valence-corrected chi connectivity index (χ2v) is 3.18. The lowest BCUT2D eigenvalue weighted by atomic mass is 10.2. The molecule has 0 bridgehead atoms. The summed E-state index contributed by atoms with van der Waals surface area (Å²) in [5.74, 6) is 0.128. The zero-order chi connectivity index (χ0) is 10.2. The van der Waals surface area contributed by atoms with Gasteiger partial charge >= 0.3 is 0 Å². The number of unbranched alkanes of at least 4 members (excludes halogenated alkanes) is 2. The lowest BCUT2D eigenvalue weighted by Crippen LogP contribution is -2.07. The zero-order valence-corrected chi connectivity index (χ0v) is 8.52. The van der Waals surface area contributed by atoms with Crippen LogP contribution < -0.4 is 0 Å². The summed E-state index contributed by atoms with van der Waals surface area (Å²) in [5.41, 5.74) is 0. The van der Waals surface area contributed by atoms with Gasteiger partial charge in [0.1, 0.15) is 6.33 Å². The second-order valence-electron chi connectivity index (χ2n) is 3.18. The van der Waals surface area contributed by atoms with Crippen molar-refractivity contribution < 1.29 is 4.79 Å². The smallest absolute Gasteiger partial charge is 0.231 e. The van der Waals surface area contributed by atoms with Gasteiger partial charge in [-0.05, 0) is 26.2 Å². The number of allylic oxidation sites excluding steroid dienone is 2. The van der Waals surface area contributed by atoms with Crippen LogP contribution in [0.4, 0.5) is 0 Å². The van der Waals surface area contributed by atoms with Crippen LogP contribution in [0.2, 0.25) is 0 Å². The number of carbonyl (C=O) groups excluding carboxylic acids is 1. The Labute approximate surface area is 84.5 Å². The Balaban J connectivity index is 2.16. The third-order valence-corrected chi connectivity index (χ3v) is 2.04. The molecule has 0 saturated heterocycles. The average molecular weight is 192 g/mol. The van der Waals surface area contributed by atoms with Gasteiger partial charge in [-0.15, -0.1) is 0 Å². The highest BCUT2D eigenvalue weighted by molar-refractivity contribution is 5.78. The van der Waals surface area contributed by atoms with Gasteiger partial charge in [0.05, 0.1) is 0 Å². The third-order valence-electron chi connectivity index (χ3n) is 2.04. The molecule has 0 aliphatic heterocycles. The van der Waals surface area contributed by atoms with E-state index < -0.39 is 0 Å². The molecule has 3 nitrogen and oxygen atoms in total. The normalized spacial score (nSPS) is 10.9. The van der Waals surface area contributed by atoms with E-state index in [1.165, 1.54) is 4.57 Å². The second kappa shape index (κ2) is 6.13. The van der Waals surface area contributed by atoms with Gasteiger partial charge in [-0.1, -0.05) is 12.2 Å². The Morgan fingerprint density at radius 1 is 1.50 bits per heavy atom. The van der Waals surface area contributed by atoms with E-state index in [1.54, 1.807) is 18.7 Å². The molecule has 3 heteroatoms. The largest absolute Gasteiger partial charge is 0.276 e. The van der Waals surface area contributed by atoms with Crippen molar-refractivity contribution in [1.82, 2.24) is 9.55 Å². The molecule has 0 aliphatic rings. The number of carbonyl (C=O) groups is 1. The van der Waals surface area contributed by atoms with Crippen LogP contribution in [0.25, 0.3) is 0 Å². The molecule has 0 aromatic carbocycles. The summed E-state index contributed by atoms with van der Waals surface area (Å²) in [4.78, 5) is 15.3. The highest BCUT2D eigenvalue weighted by Gasteiger charge is 2.01. The summed E-state index contributed by atoms with van der Waals surface area (Å²) in [6.45, 7) is 2.01. The Hall–Kier alpha value is -1.38. The van der Waals surface area contributed by atoms with E-state index in [0.29, 0.717) is 6.42 Å². The maximum atomic E-state index is 11.4. The Kier molecular flexibility index (Phi) is 4.69. The highest BCUT2D eigenvalue weighted by atomic mass is 16.2. The van der Waals surface area contributed by atoms with Gasteiger partial charge in [-0.2, -0.15) is 0 Å². The monoisotopic (exact) mass is 192 g/mol. The van der Waals surface area contributed by atoms with Crippen LogP contribution in [0, 0.1) is 0 Å². The first kappa shape index (κ1) is 10.7. The van der Waals surface area contributed by atoms with Crippen LogP contribution in [-0.4, -0.2) is 15.5 Å². The van der Waals surface area contributed by atoms with Crippen LogP contribution in [0.1, 0.15) is 37.4 Å². The quantitative estimate of drug-likeness (QED) is 0.531. The van der Waals surface area contributed by atoms with Gasteiger partial charge in [0, 0.05) is 18.8 Å². The van der Waals surface area contributed by atoms with Crippen molar-refractivity contribution in [3.63, 3.8) is 0 Å². The van der Waals surface area contributed by atoms with Gasteiger partial charge in [-0.25, -0.2) is 4.98 Å². The predicted molar refractivity (Wildman–Crippen MR) is 56.1 cm³/mol. The number of rotatable bonds is 5. The number of nitrogens with zero attached hydrogens (tertiary/aromatic N) is 2. The number of hydrogen-bond acceptors (Lipinski definition) is 2. The molecular weight excluding hydrogens is 176 g/mol. The molecule has 14 heavy (non-hydrogen) atoms. The van der Waals surface area contributed by atoms with Gasteiger partial charge in [-0.3, -0.25) is 9.36 Å². The topological polar surface area (TPSA) is 34.9 Å². The molecule has 76 valence electrons. The standard InChI is InChI=1S/C11H16N2O/c1-2-3-4-5-6-7-11(14)13-9-8-12-10-13/h2-3,8-10H,4-7H2,1H3/b3-2+. The number of hydrogen-bond donors (Lipinski definition) is 0. The van der Waals surface area contributed by atoms with Crippen LogP contribution in [-0.2, 0) is 0 Å². The summed E-state index contributed by atoms with van der Waals surface area (Å²) in [7, 11) is 0. The molecule has 0 saturated carbocycles. The maximum absolute atomic E-state index is 11.4. The molecule has 1 heterocycles. The molecule has 0 atom stereocenters. The Bertz CT molecular complexity index is 288. The summed E-state index contributed by atoms with van der Waals surface area (Å²) >= 11 is 0. The first-order valence-corrected chi connectivity index (χ1v) is 4.97. The number of aromatic nitrogens is 2. The molecule has 1 rings (SSSR count). The minimum Gasteiger partial charge on any atom is -0.276 e. The van der Waals surface area contributed by atoms with E-state index in [1.807, 2.05) is 13.0 Å². The summed E-state index contributed by atoms with van der Waals surface area (Å²) in [6, 6.07) is 0. The predicted octanol–water partition coefficient (Wildman–Crippen LogP) is 2.66. The minimum absolute atomic E-state index is 0.128. The van der Waals surface area contributed by atoms with Crippen molar-refractivity contribution in [3.8, 4) is 0 Å². The highest BCUT2D eigenvalue weighted by Crippen LogP contribution is 2.03. The van der Waals surface area contributed by atoms with Crippen LogP contribution in [0.5, 0.6) is 0 Å². The zero-order valence-electron chi connectivity index (χ0n) is 8.52. The third kappa shape index (κ3) is 3.56. The van der Waals surface area contributed by atoms with Gasteiger partial charge in [0.15, 0.2) is 0 Å². The Morgan fingerprint density at radius 2 is 2.36 bits per heavy atom. The summed E-state index contributed by atoms with van der Waals surface area (Å²) < 4.78 is 1.54. The average Bonchev–Trinajstić information content (AvgIpc) is 2.70. The van der Waals surface area contributed by atoms with E-state index in [4.69, 9.17) is 0 Å². The molecule has 0 unspecified atom stereocenters. The van der Waals surface area contributed by atoms with Gasteiger partial charge < -0.3 is 0 Å². The molecule has 0 amide bonds. The Morgan fingerprint density at radius 3 is 3.00 bits per heavy atom. The molecule has 0 N–H and O–H groups in total. The fraction of sp³-hybridized carbons (Fsp3) is 0.455. The van der Waals surface area contributed by atoms with Crippen LogP contribution >= 0.6 is 0 Å². The molecule has 0 aliphatic carbocycles. The van der Waals surface area contributed by atoms with Crippen molar-refractivity contribution in [2.24, 2.45) is 0 Å². The molecule has 1 aromatic rings. The summed E-state index contributed by atoms with van der Waals surface area (Å²) in [6.07, 6.45) is 12.7. The van der Waals surface area contributed by atoms with Crippen molar-refractivity contribution in [3.05, 3.63) is 30.9 Å². The first-order chi connectivity index (χ1) is 6.84. The molecule has 0 radical (unpaired) electrons. The SMILES string of the molecule is C/C=C/CCCCC(=O)n1ccnc1. The van der Waals surface area contributed by atoms with E-state index in [9.17, 15) is 4.79 Å². The van der Waals surface area contributed by atoms with Crippen LogP contribution in [0.3, 0.4) is 0 Å². The summed E-state index contributed by atoms with van der Waals surface area (Å²) in [5, 5.41) is 0. The molecular formula is C11H16N2O. The van der Waals surface area contributed by atoms with E-state index in [0.717, 1.165) is 19.3 Å². The van der Waals surface area contributed by atoms with Crippen molar-refractivity contribution in [2.45, 2.75) is 32.6 Å². The lowest BCUT2D eigenvalue weighted by Gasteiger charge is -1.99. The fourth-order valence-corrected chi connectivity index (χ4v) is 1.24. The van der Waals surface area contributed by atoms with Crippen molar-refractivity contribution in [2.75, 3.05) is 0 Å². The van der Waals surface area contributed by atoms with Crippen molar-refractivity contribution in [1.29, 1.82) is 0 Å². The molecule has 0 fully saturated rings. The number of imidazole rings is 1. The van der Waals surface area contributed by atoms with E-state index in [2.05, 4.69) is 11.1 Å². The maximum Gasteiger partial charge on any atom is 0.231 e.